The van der Waals surface area contributed by atoms with E-state index < -0.39 is 0 Å². The average Bonchev–Trinajstić information content (AvgIpc) is 3.10. The zero-order chi connectivity index (χ0) is 14.7. The normalized spacial score (nSPS) is 11.0. The molecule has 0 radical (unpaired) electrons. The van der Waals surface area contributed by atoms with E-state index in [0.29, 0.717) is 36.2 Å². The Kier molecular flexibility index (Phi) is 3.94. The van der Waals surface area contributed by atoms with E-state index in [4.69, 9.17) is 21.9 Å². The molecule has 2 N–H and O–H groups in total. The molecule has 0 aliphatic rings. The first-order valence-electron chi connectivity index (χ1n) is 6.42. The van der Waals surface area contributed by atoms with Crippen LogP contribution < -0.4 is 5.73 Å². The molecule has 0 bridgehead atoms. The highest BCUT2D eigenvalue weighted by Crippen LogP contribution is 2.20. The van der Waals surface area contributed by atoms with Crippen LogP contribution >= 0.6 is 11.6 Å². The predicted molar refractivity (Wildman–Crippen MR) is 76.6 cm³/mol. The van der Waals surface area contributed by atoms with Gasteiger partial charge in [-0.2, -0.15) is 4.98 Å². The smallest absolute Gasteiger partial charge is 0.248 e. The highest BCUT2D eigenvalue weighted by Gasteiger charge is 2.10. The lowest BCUT2D eigenvalue weighted by Gasteiger charge is -1.94. The Morgan fingerprint density at radius 2 is 2.24 bits per heavy atom. The van der Waals surface area contributed by atoms with Gasteiger partial charge in [0.05, 0.1) is 5.69 Å². The van der Waals surface area contributed by atoms with Crippen molar-refractivity contribution in [2.45, 2.75) is 13.0 Å². The molecule has 1 aromatic carbocycles. The molecule has 0 saturated carbocycles. The Labute approximate surface area is 125 Å². The van der Waals surface area contributed by atoms with E-state index in [2.05, 4.69) is 20.5 Å². The quantitative estimate of drug-likeness (QED) is 0.768. The number of hydrogen-bond donors (Lipinski definition) is 1. The fraction of sp³-hybridized carbons (Fsp3) is 0.231. The summed E-state index contributed by atoms with van der Waals surface area (Å²) in [5.74, 6) is 0.948. The molecule has 8 heteroatoms. The summed E-state index contributed by atoms with van der Waals surface area (Å²) in [5.41, 5.74) is 7.12. The molecule has 0 aliphatic heterocycles. The highest BCUT2D eigenvalue weighted by atomic mass is 35.5. The minimum absolute atomic E-state index is 0.366. The topological polar surface area (TPSA) is 95.7 Å². The van der Waals surface area contributed by atoms with Crippen LogP contribution in [0.2, 0.25) is 5.02 Å². The second-order valence-electron chi connectivity index (χ2n) is 4.47. The van der Waals surface area contributed by atoms with Gasteiger partial charge in [0.1, 0.15) is 6.54 Å². The Hall–Kier alpha value is -2.25. The van der Waals surface area contributed by atoms with Crippen LogP contribution in [0.5, 0.6) is 0 Å². The second kappa shape index (κ2) is 6.02. The molecule has 0 atom stereocenters. The maximum atomic E-state index is 5.95. The van der Waals surface area contributed by atoms with Gasteiger partial charge in [-0.3, -0.25) is 0 Å². The largest absolute Gasteiger partial charge is 0.337 e. The molecule has 2 aromatic heterocycles. The van der Waals surface area contributed by atoms with Crippen LogP contribution in [0.4, 0.5) is 0 Å². The summed E-state index contributed by atoms with van der Waals surface area (Å²) < 4.78 is 6.85. The number of rotatable bonds is 5. The molecule has 7 nitrogen and oxygen atoms in total. The standard InChI is InChI=1S/C13H13ClN6O/c14-10-3-1-2-9(6-10)13-16-12(21-18-13)8-20-7-11(4-5-15)17-19-20/h1-3,6-7H,4-5,8,15H2. The van der Waals surface area contributed by atoms with Crippen molar-refractivity contribution in [3.8, 4) is 11.4 Å². The van der Waals surface area contributed by atoms with Crippen molar-refractivity contribution >= 4 is 11.6 Å². The lowest BCUT2D eigenvalue weighted by molar-refractivity contribution is 0.364. The van der Waals surface area contributed by atoms with Crippen LogP contribution in [0.25, 0.3) is 11.4 Å². The van der Waals surface area contributed by atoms with Gasteiger partial charge < -0.3 is 10.3 Å². The van der Waals surface area contributed by atoms with Gasteiger partial charge in [0, 0.05) is 23.2 Å². The van der Waals surface area contributed by atoms with Gasteiger partial charge in [-0.1, -0.05) is 34.1 Å². The van der Waals surface area contributed by atoms with Crippen molar-refractivity contribution in [1.82, 2.24) is 25.1 Å². The Morgan fingerprint density at radius 1 is 1.33 bits per heavy atom. The number of aromatic nitrogens is 5. The van der Waals surface area contributed by atoms with Crippen LogP contribution in [0.15, 0.2) is 35.0 Å². The molecule has 0 fully saturated rings. The zero-order valence-corrected chi connectivity index (χ0v) is 11.9. The summed E-state index contributed by atoms with van der Waals surface area (Å²) in [7, 11) is 0. The molecule has 0 saturated heterocycles. The summed E-state index contributed by atoms with van der Waals surface area (Å²) in [6.07, 6.45) is 2.51. The molecule has 0 aliphatic carbocycles. The van der Waals surface area contributed by atoms with Crippen molar-refractivity contribution in [3.05, 3.63) is 47.1 Å². The molecule has 3 aromatic rings. The van der Waals surface area contributed by atoms with Gasteiger partial charge in [-0.25, -0.2) is 4.68 Å². The van der Waals surface area contributed by atoms with Gasteiger partial charge in [0.15, 0.2) is 0 Å². The Morgan fingerprint density at radius 3 is 3.05 bits per heavy atom. The third-order valence-electron chi connectivity index (χ3n) is 2.83. The second-order valence-corrected chi connectivity index (χ2v) is 4.90. The first-order chi connectivity index (χ1) is 10.2. The van der Waals surface area contributed by atoms with Gasteiger partial charge >= 0.3 is 0 Å². The molecule has 21 heavy (non-hydrogen) atoms. The summed E-state index contributed by atoms with van der Waals surface area (Å²) in [6.45, 7) is 0.906. The molecular weight excluding hydrogens is 292 g/mol. The van der Waals surface area contributed by atoms with Gasteiger partial charge in [0.2, 0.25) is 11.7 Å². The first-order valence-corrected chi connectivity index (χ1v) is 6.80. The molecule has 0 amide bonds. The lowest BCUT2D eigenvalue weighted by atomic mass is 10.2. The minimum atomic E-state index is 0.366. The van der Waals surface area contributed by atoms with E-state index in [0.717, 1.165) is 11.3 Å². The maximum absolute atomic E-state index is 5.95. The van der Waals surface area contributed by atoms with Crippen LogP contribution in [0.1, 0.15) is 11.6 Å². The molecule has 0 spiro atoms. The minimum Gasteiger partial charge on any atom is -0.337 e. The van der Waals surface area contributed by atoms with Crippen molar-refractivity contribution in [2.75, 3.05) is 6.54 Å². The van der Waals surface area contributed by atoms with Crippen molar-refractivity contribution in [2.24, 2.45) is 5.73 Å². The molecule has 2 heterocycles. The third-order valence-corrected chi connectivity index (χ3v) is 3.07. The van der Waals surface area contributed by atoms with Crippen molar-refractivity contribution in [1.29, 1.82) is 0 Å². The summed E-state index contributed by atoms with van der Waals surface area (Å²) in [5, 5.41) is 12.6. The summed E-state index contributed by atoms with van der Waals surface area (Å²) in [6, 6.07) is 7.28. The predicted octanol–water partition coefficient (Wildman–Crippen LogP) is 1.53. The number of halogens is 1. The van der Waals surface area contributed by atoms with Crippen molar-refractivity contribution < 1.29 is 4.52 Å². The van der Waals surface area contributed by atoms with Crippen LogP contribution in [0, 0.1) is 0 Å². The molecule has 0 unspecified atom stereocenters. The van der Waals surface area contributed by atoms with Crippen molar-refractivity contribution in [3.63, 3.8) is 0 Å². The number of hydrogen-bond acceptors (Lipinski definition) is 6. The number of nitrogens with two attached hydrogens (primary N) is 1. The summed E-state index contributed by atoms with van der Waals surface area (Å²) in [4.78, 5) is 4.32. The van der Waals surface area contributed by atoms with Crippen LogP contribution in [-0.2, 0) is 13.0 Å². The fourth-order valence-corrected chi connectivity index (χ4v) is 2.07. The van der Waals surface area contributed by atoms with Gasteiger partial charge in [-0.05, 0) is 18.7 Å². The summed E-state index contributed by atoms with van der Waals surface area (Å²) >= 11 is 5.95. The fourth-order valence-electron chi connectivity index (χ4n) is 1.88. The van der Waals surface area contributed by atoms with E-state index in [1.54, 1.807) is 16.8 Å². The molecular formula is C13H13ClN6O. The van der Waals surface area contributed by atoms with Crippen LogP contribution in [-0.4, -0.2) is 31.7 Å². The van der Waals surface area contributed by atoms with Crippen LogP contribution in [0.3, 0.4) is 0 Å². The van der Waals surface area contributed by atoms with Gasteiger partial charge in [0.25, 0.3) is 0 Å². The maximum Gasteiger partial charge on any atom is 0.248 e. The van der Waals surface area contributed by atoms with E-state index >= 15 is 0 Å². The van der Waals surface area contributed by atoms with E-state index in [1.165, 1.54) is 0 Å². The lowest BCUT2D eigenvalue weighted by Crippen LogP contribution is -2.03. The monoisotopic (exact) mass is 304 g/mol. The van der Waals surface area contributed by atoms with E-state index in [1.807, 2.05) is 18.3 Å². The van der Waals surface area contributed by atoms with E-state index in [-0.39, 0.29) is 0 Å². The Bertz CT molecular complexity index is 738. The van der Waals surface area contributed by atoms with Gasteiger partial charge in [-0.15, -0.1) is 5.10 Å². The van der Waals surface area contributed by atoms with E-state index in [9.17, 15) is 0 Å². The third kappa shape index (κ3) is 3.26. The first kappa shape index (κ1) is 13.7. The average molecular weight is 305 g/mol. The zero-order valence-electron chi connectivity index (χ0n) is 11.1. The number of benzene rings is 1. The number of nitrogens with zero attached hydrogens (tertiary/aromatic N) is 5. The highest BCUT2D eigenvalue weighted by molar-refractivity contribution is 6.30. The molecule has 3 rings (SSSR count). The molecule has 108 valence electrons. The Balaban J connectivity index is 1.75. The SMILES string of the molecule is NCCc1cn(Cc2nc(-c3cccc(Cl)c3)no2)nn1.